The second-order valence-corrected chi connectivity index (χ2v) is 5.75. The molecule has 23 heavy (non-hydrogen) atoms. The highest BCUT2D eigenvalue weighted by Crippen LogP contribution is 2.27. The lowest BCUT2D eigenvalue weighted by Gasteiger charge is -2.16. The molecule has 0 bridgehead atoms. The van der Waals surface area contributed by atoms with Gasteiger partial charge in [-0.2, -0.15) is 0 Å². The van der Waals surface area contributed by atoms with E-state index in [4.69, 9.17) is 10.5 Å². The third kappa shape index (κ3) is 4.10. The van der Waals surface area contributed by atoms with Crippen molar-refractivity contribution in [2.24, 2.45) is 5.73 Å². The van der Waals surface area contributed by atoms with Gasteiger partial charge in [-0.15, -0.1) is 5.10 Å². The molecule has 1 aromatic heterocycles. The van der Waals surface area contributed by atoms with Gasteiger partial charge in [-0.25, -0.2) is 4.68 Å². The number of nitrogens with zero attached hydrogens (tertiary/aromatic N) is 3. The number of unbranched alkanes of at least 4 members (excludes halogenated alkanes) is 1. The number of ether oxygens (including phenoxy) is 1. The van der Waals surface area contributed by atoms with Crippen LogP contribution in [0.5, 0.6) is 5.75 Å². The highest BCUT2D eigenvalue weighted by atomic mass is 16.5. The zero-order valence-corrected chi connectivity index (χ0v) is 14.5. The molecule has 1 heterocycles. The minimum atomic E-state index is 0.420. The fourth-order valence-corrected chi connectivity index (χ4v) is 2.76. The van der Waals surface area contributed by atoms with E-state index in [9.17, 15) is 0 Å². The maximum atomic E-state index is 5.85. The summed E-state index contributed by atoms with van der Waals surface area (Å²) in [5.41, 5.74) is 8.87. The Balaban J connectivity index is 2.26. The van der Waals surface area contributed by atoms with Crippen molar-refractivity contribution in [2.45, 2.75) is 58.9 Å². The molecule has 0 amide bonds. The molecule has 2 N–H and O–H groups in total. The summed E-state index contributed by atoms with van der Waals surface area (Å²) in [4.78, 5) is 0. The largest absolute Gasteiger partial charge is 0.494 e. The fourth-order valence-electron chi connectivity index (χ4n) is 2.76. The Labute approximate surface area is 138 Å². The van der Waals surface area contributed by atoms with Crippen LogP contribution in [0.25, 0.3) is 5.69 Å². The monoisotopic (exact) mass is 316 g/mol. The van der Waals surface area contributed by atoms with Crippen molar-refractivity contribution in [1.82, 2.24) is 15.0 Å². The summed E-state index contributed by atoms with van der Waals surface area (Å²) in [6, 6.07) is 8.04. The SMILES string of the molecule is CCCCOc1ccc(-n2nnc(CN)c2C(CC)CC)cc1. The summed E-state index contributed by atoms with van der Waals surface area (Å²) in [6.07, 6.45) is 4.31. The van der Waals surface area contributed by atoms with Gasteiger partial charge in [0.1, 0.15) is 11.4 Å². The average Bonchev–Trinajstić information content (AvgIpc) is 3.01. The molecule has 5 heteroatoms. The number of hydrogen-bond donors (Lipinski definition) is 1. The summed E-state index contributed by atoms with van der Waals surface area (Å²) in [7, 11) is 0. The van der Waals surface area contributed by atoms with E-state index in [0.29, 0.717) is 12.5 Å². The quantitative estimate of drug-likeness (QED) is 0.714. The van der Waals surface area contributed by atoms with Gasteiger partial charge < -0.3 is 10.5 Å². The lowest BCUT2D eigenvalue weighted by atomic mass is 9.97. The number of nitrogens with two attached hydrogens (primary N) is 1. The van der Waals surface area contributed by atoms with Crippen LogP contribution in [0.4, 0.5) is 0 Å². The van der Waals surface area contributed by atoms with Crippen LogP contribution < -0.4 is 10.5 Å². The fraction of sp³-hybridized carbons (Fsp3) is 0.556. The molecule has 0 aliphatic carbocycles. The van der Waals surface area contributed by atoms with E-state index in [2.05, 4.69) is 31.1 Å². The van der Waals surface area contributed by atoms with Gasteiger partial charge in [-0.3, -0.25) is 0 Å². The van der Waals surface area contributed by atoms with Gasteiger partial charge in [0.2, 0.25) is 0 Å². The van der Waals surface area contributed by atoms with Crippen LogP contribution >= 0.6 is 0 Å². The van der Waals surface area contributed by atoms with Crippen molar-refractivity contribution in [3.63, 3.8) is 0 Å². The Bertz CT molecular complexity index is 588. The number of hydrogen-bond acceptors (Lipinski definition) is 4. The second kappa shape index (κ2) is 8.67. The predicted molar refractivity (Wildman–Crippen MR) is 93.0 cm³/mol. The lowest BCUT2D eigenvalue weighted by molar-refractivity contribution is 0.309. The van der Waals surface area contributed by atoms with Gasteiger partial charge in [-0.05, 0) is 43.5 Å². The Kier molecular flexibility index (Phi) is 6.59. The second-order valence-electron chi connectivity index (χ2n) is 5.75. The van der Waals surface area contributed by atoms with Gasteiger partial charge in [0.25, 0.3) is 0 Å². The summed E-state index contributed by atoms with van der Waals surface area (Å²) in [5.74, 6) is 1.31. The van der Waals surface area contributed by atoms with Crippen LogP contribution in [0.2, 0.25) is 0 Å². The molecule has 2 aromatic rings. The topological polar surface area (TPSA) is 66.0 Å². The van der Waals surface area contributed by atoms with Crippen LogP contribution in [0.1, 0.15) is 63.8 Å². The van der Waals surface area contributed by atoms with Crippen molar-refractivity contribution < 1.29 is 4.74 Å². The molecular formula is C18H28N4O. The van der Waals surface area contributed by atoms with E-state index in [1.807, 2.05) is 28.9 Å². The van der Waals surface area contributed by atoms with Crippen LogP contribution in [0, 0.1) is 0 Å². The first-order valence-electron chi connectivity index (χ1n) is 8.62. The molecule has 1 aromatic carbocycles. The Hall–Kier alpha value is -1.88. The minimum absolute atomic E-state index is 0.420. The first-order valence-corrected chi connectivity index (χ1v) is 8.62. The van der Waals surface area contributed by atoms with Crippen LogP contribution in [-0.2, 0) is 6.54 Å². The smallest absolute Gasteiger partial charge is 0.119 e. The van der Waals surface area contributed by atoms with E-state index < -0.39 is 0 Å². The van der Waals surface area contributed by atoms with Gasteiger partial charge in [0.15, 0.2) is 0 Å². The number of aromatic nitrogens is 3. The first-order chi connectivity index (χ1) is 11.2. The van der Waals surface area contributed by atoms with E-state index in [1.54, 1.807) is 0 Å². The summed E-state index contributed by atoms with van der Waals surface area (Å²) in [5, 5.41) is 8.59. The highest BCUT2D eigenvalue weighted by Gasteiger charge is 2.20. The van der Waals surface area contributed by atoms with E-state index in [-0.39, 0.29) is 0 Å². The molecule has 0 saturated carbocycles. The van der Waals surface area contributed by atoms with Crippen LogP contribution in [0.3, 0.4) is 0 Å². The summed E-state index contributed by atoms with van der Waals surface area (Å²) < 4.78 is 7.64. The third-order valence-corrected chi connectivity index (χ3v) is 4.19. The minimum Gasteiger partial charge on any atom is -0.494 e. The molecule has 0 spiro atoms. The lowest BCUT2D eigenvalue weighted by Crippen LogP contribution is -2.10. The first kappa shape index (κ1) is 17.5. The zero-order valence-electron chi connectivity index (χ0n) is 14.5. The van der Waals surface area contributed by atoms with Crippen molar-refractivity contribution in [3.8, 4) is 11.4 Å². The van der Waals surface area contributed by atoms with Crippen molar-refractivity contribution in [2.75, 3.05) is 6.61 Å². The van der Waals surface area contributed by atoms with Crippen molar-refractivity contribution >= 4 is 0 Å². The van der Waals surface area contributed by atoms with E-state index >= 15 is 0 Å². The standard InChI is InChI=1S/C18H28N4O/c1-4-7-12-23-16-10-8-15(9-11-16)22-18(14(5-2)6-3)17(13-19)20-21-22/h8-11,14H,4-7,12-13,19H2,1-3H3. The van der Waals surface area contributed by atoms with Gasteiger partial charge >= 0.3 is 0 Å². The molecule has 0 radical (unpaired) electrons. The molecule has 0 unspecified atom stereocenters. The van der Waals surface area contributed by atoms with E-state index in [0.717, 1.165) is 55.1 Å². The molecule has 126 valence electrons. The van der Waals surface area contributed by atoms with Gasteiger partial charge in [0, 0.05) is 12.5 Å². The Morgan fingerprint density at radius 2 is 1.83 bits per heavy atom. The van der Waals surface area contributed by atoms with Crippen LogP contribution in [0.15, 0.2) is 24.3 Å². The molecule has 0 aliphatic rings. The molecule has 0 fully saturated rings. The number of benzene rings is 1. The van der Waals surface area contributed by atoms with E-state index in [1.165, 1.54) is 0 Å². The Morgan fingerprint density at radius 3 is 2.39 bits per heavy atom. The third-order valence-electron chi connectivity index (χ3n) is 4.19. The van der Waals surface area contributed by atoms with Crippen molar-refractivity contribution in [3.05, 3.63) is 35.7 Å². The van der Waals surface area contributed by atoms with Gasteiger partial charge in [-0.1, -0.05) is 32.4 Å². The molecule has 0 saturated heterocycles. The summed E-state index contributed by atoms with van der Waals surface area (Å²) >= 11 is 0. The van der Waals surface area contributed by atoms with Crippen LogP contribution in [-0.4, -0.2) is 21.6 Å². The maximum absolute atomic E-state index is 5.85. The zero-order chi connectivity index (χ0) is 16.7. The predicted octanol–water partition coefficient (Wildman–Crippen LogP) is 3.81. The van der Waals surface area contributed by atoms with Gasteiger partial charge in [0.05, 0.1) is 18.0 Å². The van der Waals surface area contributed by atoms with Crippen molar-refractivity contribution in [1.29, 1.82) is 0 Å². The normalized spacial score (nSPS) is 11.2. The average molecular weight is 316 g/mol. The number of rotatable bonds is 9. The summed E-state index contributed by atoms with van der Waals surface area (Å²) in [6.45, 7) is 7.72. The molecule has 0 aliphatic heterocycles. The Morgan fingerprint density at radius 1 is 1.13 bits per heavy atom. The highest BCUT2D eigenvalue weighted by molar-refractivity contribution is 5.39. The molecular weight excluding hydrogens is 288 g/mol. The molecule has 5 nitrogen and oxygen atoms in total. The molecule has 0 atom stereocenters. The molecule has 2 rings (SSSR count). The maximum Gasteiger partial charge on any atom is 0.119 e.